The van der Waals surface area contributed by atoms with Gasteiger partial charge in [0.05, 0.1) is 6.61 Å². The standard InChI is InChI=1S/C20H40N4O/c1-21-20(22-12-6-9-18-7-4-3-5-8-18)23-17-19-10-13-24(14-11-19)15-16-25-2/h18-19H,3-17H2,1-2H3,(H2,21,22,23). The molecule has 1 aliphatic heterocycles. The lowest BCUT2D eigenvalue weighted by atomic mass is 9.86. The first-order valence-electron chi connectivity index (χ1n) is 10.5. The van der Waals surface area contributed by atoms with E-state index in [9.17, 15) is 0 Å². The summed E-state index contributed by atoms with van der Waals surface area (Å²) in [6.07, 6.45) is 12.5. The third-order valence-electron chi connectivity index (χ3n) is 5.91. The predicted octanol–water partition coefficient (Wildman–Crippen LogP) is 2.87. The number of rotatable bonds is 9. The molecule has 0 aromatic rings. The Morgan fingerprint density at radius 2 is 1.80 bits per heavy atom. The van der Waals surface area contributed by atoms with E-state index >= 15 is 0 Å². The van der Waals surface area contributed by atoms with Gasteiger partial charge >= 0.3 is 0 Å². The van der Waals surface area contributed by atoms with Crippen molar-refractivity contribution in [2.75, 3.05) is 53.5 Å². The molecule has 0 aromatic carbocycles. The van der Waals surface area contributed by atoms with Crippen molar-refractivity contribution >= 4 is 5.96 Å². The van der Waals surface area contributed by atoms with Gasteiger partial charge in [0.2, 0.25) is 0 Å². The summed E-state index contributed by atoms with van der Waals surface area (Å²) in [5, 5.41) is 7.03. The first-order valence-corrected chi connectivity index (χ1v) is 10.5. The highest BCUT2D eigenvalue weighted by Gasteiger charge is 2.19. The molecule has 1 aliphatic carbocycles. The fourth-order valence-electron chi connectivity index (χ4n) is 4.17. The molecule has 0 radical (unpaired) electrons. The maximum Gasteiger partial charge on any atom is 0.190 e. The van der Waals surface area contributed by atoms with E-state index in [1.807, 2.05) is 7.05 Å². The van der Waals surface area contributed by atoms with Gasteiger partial charge in [-0.25, -0.2) is 0 Å². The van der Waals surface area contributed by atoms with Crippen molar-refractivity contribution in [1.82, 2.24) is 15.5 Å². The predicted molar refractivity (Wildman–Crippen MR) is 106 cm³/mol. The Morgan fingerprint density at radius 1 is 1.04 bits per heavy atom. The van der Waals surface area contributed by atoms with E-state index in [0.29, 0.717) is 0 Å². The van der Waals surface area contributed by atoms with Gasteiger partial charge in [0.25, 0.3) is 0 Å². The zero-order valence-electron chi connectivity index (χ0n) is 16.6. The summed E-state index contributed by atoms with van der Waals surface area (Å²) in [5.41, 5.74) is 0. The number of hydrogen-bond acceptors (Lipinski definition) is 3. The van der Waals surface area contributed by atoms with Gasteiger partial charge in [0.1, 0.15) is 0 Å². The lowest BCUT2D eigenvalue weighted by molar-refractivity contribution is 0.121. The van der Waals surface area contributed by atoms with E-state index in [1.54, 1.807) is 7.11 Å². The van der Waals surface area contributed by atoms with Gasteiger partial charge in [-0.15, -0.1) is 0 Å². The maximum absolute atomic E-state index is 5.17. The summed E-state index contributed by atoms with van der Waals surface area (Å²) in [7, 11) is 3.66. The number of ether oxygens (including phenoxy) is 1. The molecule has 2 rings (SSSR count). The van der Waals surface area contributed by atoms with Crippen molar-refractivity contribution in [1.29, 1.82) is 0 Å². The number of aliphatic imine (C=N–C) groups is 1. The molecule has 0 bridgehead atoms. The zero-order valence-corrected chi connectivity index (χ0v) is 16.6. The number of hydrogen-bond donors (Lipinski definition) is 2. The van der Waals surface area contributed by atoms with Crippen LogP contribution in [0.15, 0.2) is 4.99 Å². The van der Waals surface area contributed by atoms with Crippen LogP contribution in [0.25, 0.3) is 0 Å². The van der Waals surface area contributed by atoms with E-state index in [0.717, 1.165) is 44.0 Å². The molecule has 1 saturated carbocycles. The minimum absolute atomic E-state index is 0.764. The van der Waals surface area contributed by atoms with E-state index in [1.165, 1.54) is 70.9 Å². The largest absolute Gasteiger partial charge is 0.383 e. The lowest BCUT2D eigenvalue weighted by Crippen LogP contribution is -2.43. The number of nitrogens with one attached hydrogen (secondary N) is 2. The van der Waals surface area contributed by atoms with Crippen molar-refractivity contribution in [2.24, 2.45) is 16.8 Å². The molecular weight excluding hydrogens is 312 g/mol. The van der Waals surface area contributed by atoms with Gasteiger partial charge in [-0.2, -0.15) is 0 Å². The average molecular weight is 353 g/mol. The summed E-state index contributed by atoms with van der Waals surface area (Å²) >= 11 is 0. The van der Waals surface area contributed by atoms with Crippen LogP contribution in [0.2, 0.25) is 0 Å². The Hall–Kier alpha value is -0.810. The van der Waals surface area contributed by atoms with Crippen LogP contribution in [0.4, 0.5) is 0 Å². The maximum atomic E-state index is 5.17. The Kier molecular flexibility index (Phi) is 10.3. The summed E-state index contributed by atoms with van der Waals surface area (Å²) in [4.78, 5) is 6.89. The highest BCUT2D eigenvalue weighted by Crippen LogP contribution is 2.26. The van der Waals surface area contributed by atoms with E-state index in [4.69, 9.17) is 4.74 Å². The van der Waals surface area contributed by atoms with Crippen molar-refractivity contribution in [2.45, 2.75) is 57.8 Å². The van der Waals surface area contributed by atoms with Gasteiger partial charge in [-0.05, 0) is 50.6 Å². The second-order valence-corrected chi connectivity index (χ2v) is 7.80. The van der Waals surface area contributed by atoms with Gasteiger partial charge in [0, 0.05) is 33.8 Å². The molecule has 2 N–H and O–H groups in total. The second-order valence-electron chi connectivity index (χ2n) is 7.80. The van der Waals surface area contributed by atoms with Crippen LogP contribution in [-0.2, 0) is 4.74 Å². The molecule has 5 nitrogen and oxygen atoms in total. The lowest BCUT2D eigenvalue weighted by Gasteiger charge is -2.32. The molecule has 2 aliphatic rings. The first-order chi connectivity index (χ1) is 12.3. The molecule has 0 amide bonds. The molecule has 25 heavy (non-hydrogen) atoms. The molecule has 2 fully saturated rings. The molecule has 146 valence electrons. The van der Waals surface area contributed by atoms with E-state index in [2.05, 4.69) is 20.5 Å². The summed E-state index contributed by atoms with van der Waals surface area (Å²) in [6.45, 7) is 6.40. The van der Waals surface area contributed by atoms with Crippen LogP contribution in [-0.4, -0.2) is 64.3 Å². The average Bonchev–Trinajstić information content (AvgIpc) is 2.67. The zero-order chi connectivity index (χ0) is 17.7. The minimum atomic E-state index is 0.764. The van der Waals surface area contributed by atoms with Crippen LogP contribution >= 0.6 is 0 Å². The molecule has 0 atom stereocenters. The van der Waals surface area contributed by atoms with Crippen LogP contribution in [0.1, 0.15) is 57.8 Å². The smallest absolute Gasteiger partial charge is 0.190 e. The van der Waals surface area contributed by atoms with Crippen molar-refractivity contribution in [3.63, 3.8) is 0 Å². The van der Waals surface area contributed by atoms with Crippen molar-refractivity contribution in [3.05, 3.63) is 0 Å². The minimum Gasteiger partial charge on any atom is -0.383 e. The third kappa shape index (κ3) is 8.41. The topological polar surface area (TPSA) is 48.9 Å². The van der Waals surface area contributed by atoms with Gasteiger partial charge in [-0.1, -0.05) is 32.1 Å². The Labute approximate surface area is 155 Å². The fraction of sp³-hybridized carbons (Fsp3) is 0.950. The van der Waals surface area contributed by atoms with Crippen LogP contribution in [0, 0.1) is 11.8 Å². The van der Waals surface area contributed by atoms with Crippen LogP contribution in [0.3, 0.4) is 0 Å². The monoisotopic (exact) mass is 352 g/mol. The summed E-state index contributed by atoms with van der Waals surface area (Å²) < 4.78 is 5.17. The number of likely N-dealkylation sites (tertiary alicyclic amines) is 1. The number of methoxy groups -OCH3 is 1. The molecule has 0 unspecified atom stereocenters. The van der Waals surface area contributed by atoms with Gasteiger partial charge in [-0.3, -0.25) is 4.99 Å². The molecule has 0 spiro atoms. The summed E-state index contributed by atoms with van der Waals surface area (Å²) in [6, 6.07) is 0. The highest BCUT2D eigenvalue weighted by molar-refractivity contribution is 5.79. The van der Waals surface area contributed by atoms with Crippen LogP contribution in [0.5, 0.6) is 0 Å². The summed E-state index contributed by atoms with van der Waals surface area (Å²) in [5.74, 6) is 2.72. The molecular formula is C20H40N4O. The van der Waals surface area contributed by atoms with Crippen LogP contribution < -0.4 is 10.6 Å². The number of nitrogens with zero attached hydrogens (tertiary/aromatic N) is 2. The number of piperidine rings is 1. The highest BCUT2D eigenvalue weighted by atomic mass is 16.5. The third-order valence-corrected chi connectivity index (χ3v) is 5.91. The van der Waals surface area contributed by atoms with E-state index < -0.39 is 0 Å². The first kappa shape index (κ1) is 20.5. The Balaban J connectivity index is 1.51. The quantitative estimate of drug-likeness (QED) is 0.381. The molecule has 1 saturated heterocycles. The van der Waals surface area contributed by atoms with Crippen molar-refractivity contribution in [3.8, 4) is 0 Å². The second kappa shape index (κ2) is 12.5. The molecule has 0 aromatic heterocycles. The molecule has 5 heteroatoms. The fourth-order valence-corrected chi connectivity index (χ4v) is 4.17. The van der Waals surface area contributed by atoms with Gasteiger partial charge in [0.15, 0.2) is 5.96 Å². The Bertz CT molecular complexity index is 361. The van der Waals surface area contributed by atoms with Gasteiger partial charge < -0.3 is 20.3 Å². The Morgan fingerprint density at radius 3 is 2.48 bits per heavy atom. The SMILES string of the molecule is CN=C(NCCCC1CCCCC1)NCC1CCN(CCOC)CC1. The van der Waals surface area contributed by atoms with Crippen molar-refractivity contribution < 1.29 is 4.74 Å². The normalized spacial score (nSPS) is 21.4. The molecule has 1 heterocycles. The number of guanidine groups is 1. The van der Waals surface area contributed by atoms with E-state index in [-0.39, 0.29) is 0 Å².